The lowest BCUT2D eigenvalue weighted by Gasteiger charge is -2.18. The molecule has 0 spiro atoms. The molecular formula is C13H12F2O3. The minimum Gasteiger partial charge on any atom is -0.492 e. The van der Waals surface area contributed by atoms with Crippen molar-refractivity contribution >= 4 is 5.97 Å². The molecule has 2 aliphatic rings. The molecule has 0 saturated heterocycles. The quantitative estimate of drug-likeness (QED) is 0.901. The number of carboxylic acids is 1. The molecule has 1 aromatic rings. The number of carbonyl (C=O) groups is 1. The SMILES string of the molecule is O=C(O)CC1(c2c(F)cc(F)c3c2OCC3)CC1. The predicted octanol–water partition coefficient (Wildman–Crippen LogP) is 2.41. The van der Waals surface area contributed by atoms with Gasteiger partial charge in [-0.25, -0.2) is 8.78 Å². The van der Waals surface area contributed by atoms with Gasteiger partial charge in [0.1, 0.15) is 17.4 Å². The molecule has 0 atom stereocenters. The Morgan fingerprint density at radius 1 is 1.39 bits per heavy atom. The first kappa shape index (κ1) is 11.4. The molecule has 3 nitrogen and oxygen atoms in total. The third kappa shape index (κ3) is 1.57. The Bertz CT molecular complexity index is 536. The molecular weight excluding hydrogens is 242 g/mol. The number of carboxylic acid groups (broad SMARTS) is 1. The molecule has 3 rings (SSSR count). The van der Waals surface area contributed by atoms with Crippen molar-refractivity contribution in [1.29, 1.82) is 0 Å². The zero-order valence-electron chi connectivity index (χ0n) is 9.63. The molecule has 5 heteroatoms. The lowest BCUT2D eigenvalue weighted by atomic mass is 9.89. The largest absolute Gasteiger partial charge is 0.492 e. The van der Waals surface area contributed by atoms with Crippen molar-refractivity contribution in [3.63, 3.8) is 0 Å². The Hall–Kier alpha value is -1.65. The van der Waals surface area contributed by atoms with Crippen molar-refractivity contribution in [3.05, 3.63) is 28.8 Å². The third-order valence-electron chi connectivity index (χ3n) is 3.75. The first-order valence-electron chi connectivity index (χ1n) is 5.89. The molecule has 96 valence electrons. The Morgan fingerprint density at radius 2 is 2.11 bits per heavy atom. The Balaban J connectivity index is 2.13. The summed E-state index contributed by atoms with van der Waals surface area (Å²) >= 11 is 0. The van der Waals surface area contributed by atoms with Gasteiger partial charge in [0, 0.05) is 29.0 Å². The standard InChI is InChI=1S/C13H12F2O3/c14-8-5-9(15)11(12-7(8)1-4-18-12)13(2-3-13)6-10(16)17/h5H,1-4,6H2,(H,16,17). The van der Waals surface area contributed by atoms with Crippen LogP contribution in [-0.4, -0.2) is 17.7 Å². The highest BCUT2D eigenvalue weighted by atomic mass is 19.1. The maximum atomic E-state index is 14.0. The summed E-state index contributed by atoms with van der Waals surface area (Å²) in [7, 11) is 0. The zero-order valence-corrected chi connectivity index (χ0v) is 9.63. The minimum absolute atomic E-state index is 0.134. The maximum absolute atomic E-state index is 14.0. The normalized spacial score (nSPS) is 19.2. The highest BCUT2D eigenvalue weighted by molar-refractivity contribution is 5.71. The molecule has 1 fully saturated rings. The summed E-state index contributed by atoms with van der Waals surface area (Å²) < 4.78 is 32.9. The van der Waals surface area contributed by atoms with Gasteiger partial charge in [0.15, 0.2) is 0 Å². The molecule has 1 saturated carbocycles. The predicted molar refractivity (Wildman–Crippen MR) is 58.7 cm³/mol. The van der Waals surface area contributed by atoms with Crippen LogP contribution in [-0.2, 0) is 16.6 Å². The van der Waals surface area contributed by atoms with E-state index in [0.717, 1.165) is 6.07 Å². The molecule has 1 aromatic carbocycles. The van der Waals surface area contributed by atoms with E-state index in [1.54, 1.807) is 0 Å². The van der Waals surface area contributed by atoms with Crippen molar-refractivity contribution < 1.29 is 23.4 Å². The Morgan fingerprint density at radius 3 is 2.72 bits per heavy atom. The van der Waals surface area contributed by atoms with Crippen molar-refractivity contribution in [3.8, 4) is 5.75 Å². The van der Waals surface area contributed by atoms with Gasteiger partial charge in [0.2, 0.25) is 0 Å². The number of hydrogen-bond acceptors (Lipinski definition) is 2. The van der Waals surface area contributed by atoms with E-state index in [1.165, 1.54) is 0 Å². The van der Waals surface area contributed by atoms with Gasteiger partial charge in [-0.3, -0.25) is 4.79 Å². The van der Waals surface area contributed by atoms with Crippen molar-refractivity contribution in [1.82, 2.24) is 0 Å². The number of hydrogen-bond donors (Lipinski definition) is 1. The summed E-state index contributed by atoms with van der Waals surface area (Å²) in [6.45, 7) is 0.325. The average Bonchev–Trinajstić information content (AvgIpc) is 2.86. The topological polar surface area (TPSA) is 46.5 Å². The van der Waals surface area contributed by atoms with Gasteiger partial charge in [-0.2, -0.15) is 0 Å². The molecule has 0 radical (unpaired) electrons. The summed E-state index contributed by atoms with van der Waals surface area (Å²) in [5, 5.41) is 8.91. The van der Waals surface area contributed by atoms with Gasteiger partial charge in [0.25, 0.3) is 0 Å². The first-order chi connectivity index (χ1) is 8.53. The molecule has 18 heavy (non-hydrogen) atoms. The van der Waals surface area contributed by atoms with E-state index in [1.807, 2.05) is 0 Å². The van der Waals surface area contributed by atoms with Gasteiger partial charge in [-0.15, -0.1) is 0 Å². The van der Waals surface area contributed by atoms with Gasteiger partial charge in [-0.05, 0) is 12.8 Å². The molecule has 0 bridgehead atoms. The molecule has 1 aliphatic heterocycles. The first-order valence-corrected chi connectivity index (χ1v) is 5.89. The van der Waals surface area contributed by atoms with Crippen LogP contribution in [0.15, 0.2) is 6.07 Å². The monoisotopic (exact) mass is 254 g/mol. The summed E-state index contributed by atoms with van der Waals surface area (Å²) in [5.74, 6) is -2.02. The van der Waals surface area contributed by atoms with E-state index in [-0.39, 0.29) is 17.7 Å². The number of benzene rings is 1. The van der Waals surface area contributed by atoms with Crippen LogP contribution in [0.4, 0.5) is 8.78 Å². The van der Waals surface area contributed by atoms with E-state index >= 15 is 0 Å². The van der Waals surface area contributed by atoms with Gasteiger partial charge in [-0.1, -0.05) is 0 Å². The fourth-order valence-corrected chi connectivity index (χ4v) is 2.74. The summed E-state index contributed by atoms with van der Waals surface area (Å²) in [6.07, 6.45) is 1.50. The van der Waals surface area contributed by atoms with E-state index in [4.69, 9.17) is 9.84 Å². The Labute approximate surface area is 102 Å². The van der Waals surface area contributed by atoms with Crippen LogP contribution in [0.1, 0.15) is 30.4 Å². The number of fused-ring (bicyclic) bond motifs is 1. The van der Waals surface area contributed by atoms with Crippen LogP contribution in [0.2, 0.25) is 0 Å². The summed E-state index contributed by atoms with van der Waals surface area (Å²) in [4.78, 5) is 10.9. The second kappa shape index (κ2) is 3.67. The minimum atomic E-state index is -0.969. The van der Waals surface area contributed by atoms with E-state index in [0.29, 0.717) is 31.4 Å². The summed E-state index contributed by atoms with van der Waals surface area (Å²) in [6, 6.07) is 0.852. The van der Waals surface area contributed by atoms with Crippen LogP contribution in [0.5, 0.6) is 5.75 Å². The van der Waals surface area contributed by atoms with Gasteiger partial charge < -0.3 is 9.84 Å². The third-order valence-corrected chi connectivity index (χ3v) is 3.75. The van der Waals surface area contributed by atoms with Crippen molar-refractivity contribution in [2.45, 2.75) is 31.1 Å². The van der Waals surface area contributed by atoms with Crippen LogP contribution in [0.25, 0.3) is 0 Å². The smallest absolute Gasteiger partial charge is 0.304 e. The zero-order chi connectivity index (χ0) is 12.9. The fourth-order valence-electron chi connectivity index (χ4n) is 2.74. The van der Waals surface area contributed by atoms with E-state index in [9.17, 15) is 13.6 Å². The second-order valence-electron chi connectivity index (χ2n) is 4.97. The second-order valence-corrected chi connectivity index (χ2v) is 4.97. The van der Waals surface area contributed by atoms with Gasteiger partial charge in [0.05, 0.1) is 13.0 Å². The molecule has 1 heterocycles. The van der Waals surface area contributed by atoms with Crippen LogP contribution >= 0.6 is 0 Å². The Kier molecular flexibility index (Phi) is 2.33. The van der Waals surface area contributed by atoms with Crippen LogP contribution < -0.4 is 4.74 Å². The lowest BCUT2D eigenvalue weighted by Crippen LogP contribution is -2.16. The highest BCUT2D eigenvalue weighted by Gasteiger charge is 2.50. The number of halogens is 2. The lowest BCUT2D eigenvalue weighted by molar-refractivity contribution is -0.137. The number of aliphatic carboxylic acids is 1. The van der Waals surface area contributed by atoms with Crippen molar-refractivity contribution in [2.75, 3.05) is 6.61 Å². The average molecular weight is 254 g/mol. The van der Waals surface area contributed by atoms with Crippen LogP contribution in [0.3, 0.4) is 0 Å². The molecule has 0 aromatic heterocycles. The number of rotatable bonds is 3. The van der Waals surface area contributed by atoms with Crippen LogP contribution in [0, 0.1) is 11.6 Å². The molecule has 0 unspecified atom stereocenters. The van der Waals surface area contributed by atoms with E-state index in [2.05, 4.69) is 0 Å². The summed E-state index contributed by atoms with van der Waals surface area (Å²) in [5.41, 5.74) is -0.0558. The van der Waals surface area contributed by atoms with E-state index < -0.39 is 23.0 Å². The van der Waals surface area contributed by atoms with Gasteiger partial charge >= 0.3 is 5.97 Å². The molecule has 1 N–H and O–H groups in total. The molecule has 0 amide bonds. The highest BCUT2D eigenvalue weighted by Crippen LogP contribution is 2.56. The molecule has 1 aliphatic carbocycles. The maximum Gasteiger partial charge on any atom is 0.304 e. The number of ether oxygens (including phenoxy) is 1. The van der Waals surface area contributed by atoms with Crippen molar-refractivity contribution in [2.24, 2.45) is 0 Å². The fraction of sp³-hybridized carbons (Fsp3) is 0.462.